The lowest BCUT2D eigenvalue weighted by Crippen LogP contribution is -2.31. The Kier molecular flexibility index (Phi) is 5.23. The fraction of sp³-hybridized carbons (Fsp3) is 0.562. The van der Waals surface area contributed by atoms with E-state index in [1.54, 1.807) is 0 Å². The summed E-state index contributed by atoms with van der Waals surface area (Å²) in [7, 11) is 0. The highest BCUT2D eigenvalue weighted by Crippen LogP contribution is 2.25. The number of ether oxygens (including phenoxy) is 1. The van der Waals surface area contributed by atoms with Crippen molar-refractivity contribution in [2.24, 2.45) is 5.92 Å². The lowest BCUT2D eigenvalue weighted by molar-refractivity contribution is 0.317. The lowest BCUT2D eigenvalue weighted by atomic mass is 10.1. The number of nitriles is 1. The maximum atomic E-state index is 9.06. The largest absolute Gasteiger partial charge is 0.494 e. The van der Waals surface area contributed by atoms with Crippen molar-refractivity contribution in [3.05, 3.63) is 29.8 Å². The van der Waals surface area contributed by atoms with Gasteiger partial charge in [-0.25, -0.2) is 0 Å². The Balaban J connectivity index is 1.87. The van der Waals surface area contributed by atoms with E-state index in [1.165, 1.54) is 5.56 Å². The summed E-state index contributed by atoms with van der Waals surface area (Å²) in [5.74, 6) is 1.11. The highest BCUT2D eigenvalue weighted by molar-refractivity contribution is 5.28. The van der Waals surface area contributed by atoms with Gasteiger partial charge in [0.05, 0.1) is 18.6 Å². The third-order valence-corrected chi connectivity index (χ3v) is 3.62. The second-order valence-corrected chi connectivity index (χ2v) is 5.15. The normalized spacial score (nSPS) is 22.1. The molecule has 19 heavy (non-hydrogen) atoms. The first-order valence-electron chi connectivity index (χ1n) is 7.18. The van der Waals surface area contributed by atoms with Gasteiger partial charge in [-0.15, -0.1) is 0 Å². The third kappa shape index (κ3) is 3.97. The minimum absolute atomic E-state index is 0.180. The van der Waals surface area contributed by atoms with Crippen molar-refractivity contribution in [3.8, 4) is 11.8 Å². The molecule has 0 aliphatic heterocycles. The first kappa shape index (κ1) is 13.9. The van der Waals surface area contributed by atoms with Gasteiger partial charge in [-0.1, -0.05) is 25.5 Å². The quantitative estimate of drug-likeness (QED) is 0.852. The van der Waals surface area contributed by atoms with Crippen LogP contribution in [-0.4, -0.2) is 12.6 Å². The molecule has 0 heterocycles. The summed E-state index contributed by atoms with van der Waals surface area (Å²) in [5, 5.41) is 12.6. The molecule has 1 aliphatic carbocycles. The molecule has 1 aliphatic rings. The fourth-order valence-electron chi connectivity index (χ4n) is 2.57. The molecule has 0 aromatic heterocycles. The molecule has 3 heteroatoms. The molecule has 2 rings (SSSR count). The summed E-state index contributed by atoms with van der Waals surface area (Å²) in [6.07, 6.45) is 4.34. The lowest BCUT2D eigenvalue weighted by Gasteiger charge is -2.16. The highest BCUT2D eigenvalue weighted by Gasteiger charge is 2.26. The zero-order valence-corrected chi connectivity index (χ0v) is 11.6. The standard InChI is InChI=1S/C16H22N2O/c1-2-9-19-15-7-3-5-13(10-15)12-18-16-8-4-6-14(16)11-17/h3,5,7,10,14,16,18H,2,4,6,8-9,12H2,1H3. The number of hydrogen-bond donors (Lipinski definition) is 1. The van der Waals surface area contributed by atoms with Crippen LogP contribution in [0.5, 0.6) is 5.75 Å². The van der Waals surface area contributed by atoms with Crippen LogP contribution in [0.25, 0.3) is 0 Å². The van der Waals surface area contributed by atoms with Crippen LogP contribution in [0, 0.1) is 17.2 Å². The van der Waals surface area contributed by atoms with Gasteiger partial charge in [-0.3, -0.25) is 0 Å². The van der Waals surface area contributed by atoms with Gasteiger partial charge in [0.15, 0.2) is 0 Å². The van der Waals surface area contributed by atoms with E-state index in [0.717, 1.165) is 44.6 Å². The van der Waals surface area contributed by atoms with Crippen LogP contribution in [0.1, 0.15) is 38.2 Å². The van der Waals surface area contributed by atoms with Crippen LogP contribution < -0.4 is 10.1 Å². The molecule has 2 atom stereocenters. The average molecular weight is 258 g/mol. The van der Waals surface area contributed by atoms with E-state index in [9.17, 15) is 0 Å². The summed E-state index contributed by atoms with van der Waals surface area (Å²) < 4.78 is 5.63. The van der Waals surface area contributed by atoms with Crippen LogP contribution in [0.2, 0.25) is 0 Å². The Labute approximate surface area is 115 Å². The zero-order chi connectivity index (χ0) is 13.5. The molecule has 0 saturated heterocycles. The molecular formula is C16H22N2O. The SMILES string of the molecule is CCCOc1cccc(CNC2CCCC2C#N)c1. The number of hydrogen-bond acceptors (Lipinski definition) is 3. The van der Waals surface area contributed by atoms with Crippen molar-refractivity contribution in [1.82, 2.24) is 5.32 Å². The highest BCUT2D eigenvalue weighted by atomic mass is 16.5. The van der Waals surface area contributed by atoms with E-state index >= 15 is 0 Å². The molecule has 1 saturated carbocycles. The fourth-order valence-corrected chi connectivity index (χ4v) is 2.57. The van der Waals surface area contributed by atoms with Crippen molar-refractivity contribution in [2.45, 2.75) is 45.2 Å². The minimum atomic E-state index is 0.180. The second-order valence-electron chi connectivity index (χ2n) is 5.15. The van der Waals surface area contributed by atoms with Gasteiger partial charge in [-0.2, -0.15) is 5.26 Å². The van der Waals surface area contributed by atoms with E-state index in [1.807, 2.05) is 12.1 Å². The smallest absolute Gasteiger partial charge is 0.119 e. The van der Waals surface area contributed by atoms with Crippen molar-refractivity contribution in [3.63, 3.8) is 0 Å². The minimum Gasteiger partial charge on any atom is -0.494 e. The Morgan fingerprint density at radius 1 is 1.42 bits per heavy atom. The van der Waals surface area contributed by atoms with Crippen LogP contribution >= 0.6 is 0 Å². The molecule has 3 nitrogen and oxygen atoms in total. The van der Waals surface area contributed by atoms with Gasteiger partial charge in [-0.05, 0) is 37.0 Å². The first-order valence-corrected chi connectivity index (χ1v) is 7.18. The average Bonchev–Trinajstić information content (AvgIpc) is 2.91. The summed E-state index contributed by atoms with van der Waals surface area (Å²) in [4.78, 5) is 0. The van der Waals surface area contributed by atoms with E-state index in [0.29, 0.717) is 6.04 Å². The predicted molar refractivity (Wildman–Crippen MR) is 75.8 cm³/mol. The van der Waals surface area contributed by atoms with Crippen LogP contribution in [0.4, 0.5) is 0 Å². The van der Waals surface area contributed by atoms with Crippen LogP contribution in [0.15, 0.2) is 24.3 Å². The summed E-state index contributed by atoms with van der Waals surface area (Å²) in [6.45, 7) is 3.68. The number of nitrogens with one attached hydrogen (secondary N) is 1. The van der Waals surface area contributed by atoms with E-state index in [2.05, 4.69) is 30.4 Å². The topological polar surface area (TPSA) is 45.0 Å². The molecule has 2 unspecified atom stereocenters. The molecule has 1 fully saturated rings. The van der Waals surface area contributed by atoms with E-state index in [-0.39, 0.29) is 5.92 Å². The van der Waals surface area contributed by atoms with Crippen molar-refractivity contribution in [1.29, 1.82) is 5.26 Å². The Morgan fingerprint density at radius 2 is 2.32 bits per heavy atom. The molecule has 102 valence electrons. The Hall–Kier alpha value is -1.53. The second kappa shape index (κ2) is 7.16. The maximum absolute atomic E-state index is 9.06. The molecular weight excluding hydrogens is 236 g/mol. The molecule has 0 spiro atoms. The zero-order valence-electron chi connectivity index (χ0n) is 11.6. The number of rotatable bonds is 6. The van der Waals surface area contributed by atoms with Gasteiger partial charge in [0.1, 0.15) is 5.75 Å². The molecule has 1 aromatic rings. The third-order valence-electron chi connectivity index (χ3n) is 3.62. The predicted octanol–water partition coefficient (Wildman–Crippen LogP) is 3.26. The Morgan fingerprint density at radius 3 is 3.11 bits per heavy atom. The Bertz CT molecular complexity index is 439. The van der Waals surface area contributed by atoms with Crippen LogP contribution in [0.3, 0.4) is 0 Å². The van der Waals surface area contributed by atoms with E-state index in [4.69, 9.17) is 10.00 Å². The summed E-state index contributed by atoms with van der Waals surface area (Å²) >= 11 is 0. The molecule has 0 bridgehead atoms. The van der Waals surface area contributed by atoms with Crippen molar-refractivity contribution < 1.29 is 4.74 Å². The maximum Gasteiger partial charge on any atom is 0.119 e. The van der Waals surface area contributed by atoms with Gasteiger partial charge < -0.3 is 10.1 Å². The summed E-state index contributed by atoms with van der Waals surface area (Å²) in [6, 6.07) is 11.0. The first-order chi connectivity index (χ1) is 9.33. The van der Waals surface area contributed by atoms with E-state index < -0.39 is 0 Å². The molecule has 0 amide bonds. The van der Waals surface area contributed by atoms with Gasteiger partial charge in [0, 0.05) is 12.6 Å². The number of nitrogens with zero attached hydrogens (tertiary/aromatic N) is 1. The van der Waals surface area contributed by atoms with Gasteiger partial charge in [0.25, 0.3) is 0 Å². The van der Waals surface area contributed by atoms with Crippen molar-refractivity contribution in [2.75, 3.05) is 6.61 Å². The monoisotopic (exact) mass is 258 g/mol. The van der Waals surface area contributed by atoms with Gasteiger partial charge in [0.2, 0.25) is 0 Å². The van der Waals surface area contributed by atoms with Crippen LogP contribution in [-0.2, 0) is 6.54 Å². The molecule has 0 radical (unpaired) electrons. The summed E-state index contributed by atoms with van der Waals surface area (Å²) in [5.41, 5.74) is 1.22. The number of benzene rings is 1. The molecule has 1 N–H and O–H groups in total. The van der Waals surface area contributed by atoms with Gasteiger partial charge >= 0.3 is 0 Å². The molecule has 1 aromatic carbocycles. The van der Waals surface area contributed by atoms with Crippen molar-refractivity contribution >= 4 is 0 Å².